The van der Waals surface area contributed by atoms with Crippen molar-refractivity contribution >= 4 is 17.0 Å². The minimum absolute atomic E-state index is 0.0603. The van der Waals surface area contributed by atoms with Gasteiger partial charge in [-0.1, -0.05) is 26.8 Å². The fourth-order valence-electron chi connectivity index (χ4n) is 2.67. The molecule has 1 N–H and O–H groups in total. The van der Waals surface area contributed by atoms with Gasteiger partial charge in [-0.05, 0) is 24.0 Å². The molecule has 0 aliphatic heterocycles. The van der Waals surface area contributed by atoms with Gasteiger partial charge in [0, 0.05) is 13.0 Å². The van der Waals surface area contributed by atoms with Crippen LogP contribution in [-0.2, 0) is 17.8 Å². The molecule has 0 spiro atoms. The zero-order chi connectivity index (χ0) is 15.6. The highest BCUT2D eigenvalue weighted by Crippen LogP contribution is 2.28. The van der Waals surface area contributed by atoms with Crippen LogP contribution >= 0.6 is 0 Å². The van der Waals surface area contributed by atoms with Crippen molar-refractivity contribution in [3.63, 3.8) is 0 Å². The van der Waals surface area contributed by atoms with Crippen molar-refractivity contribution in [3.05, 3.63) is 29.8 Å². The number of rotatable bonds is 6. The quantitative estimate of drug-likeness (QED) is 0.884. The molecule has 0 atom stereocenters. The minimum Gasteiger partial charge on any atom is -0.481 e. The second-order valence-corrected chi connectivity index (χ2v) is 6.20. The van der Waals surface area contributed by atoms with Gasteiger partial charge >= 0.3 is 5.97 Å². The largest absolute Gasteiger partial charge is 0.481 e. The average Bonchev–Trinajstić information content (AvgIpc) is 2.67. The van der Waals surface area contributed by atoms with E-state index in [0.717, 1.165) is 24.3 Å². The molecule has 0 aliphatic rings. The summed E-state index contributed by atoms with van der Waals surface area (Å²) in [5.74, 6) is -0.410. The molecule has 0 amide bonds. The second-order valence-electron chi connectivity index (χ2n) is 6.20. The summed E-state index contributed by atoms with van der Waals surface area (Å²) < 4.78 is 15.9. The van der Waals surface area contributed by atoms with Crippen molar-refractivity contribution in [2.24, 2.45) is 5.41 Å². The highest BCUT2D eigenvalue weighted by Gasteiger charge is 2.25. The van der Waals surface area contributed by atoms with E-state index in [1.165, 1.54) is 6.07 Å². The molecule has 0 saturated heterocycles. The Morgan fingerprint density at radius 2 is 2.14 bits per heavy atom. The number of fused-ring (bicyclic) bond motifs is 1. The molecule has 2 rings (SSSR count). The zero-order valence-corrected chi connectivity index (χ0v) is 12.7. The number of benzene rings is 1. The molecule has 1 heterocycles. The van der Waals surface area contributed by atoms with Gasteiger partial charge in [0.1, 0.15) is 11.3 Å². The van der Waals surface area contributed by atoms with Crippen LogP contribution in [0.25, 0.3) is 11.0 Å². The summed E-state index contributed by atoms with van der Waals surface area (Å²) in [6, 6.07) is 4.93. The molecule has 21 heavy (non-hydrogen) atoms. The first-order chi connectivity index (χ1) is 9.84. The molecule has 0 unspecified atom stereocenters. The van der Waals surface area contributed by atoms with Gasteiger partial charge in [0.2, 0.25) is 0 Å². The van der Waals surface area contributed by atoms with E-state index in [4.69, 9.17) is 5.11 Å². The van der Waals surface area contributed by atoms with Gasteiger partial charge in [0.15, 0.2) is 5.82 Å². The lowest BCUT2D eigenvalue weighted by Crippen LogP contribution is -2.22. The van der Waals surface area contributed by atoms with E-state index in [2.05, 4.69) is 11.9 Å². The number of carboxylic acids is 1. The number of halogens is 1. The molecule has 1 aromatic heterocycles. The fraction of sp³-hybridized carbons (Fsp3) is 0.500. The summed E-state index contributed by atoms with van der Waals surface area (Å²) in [6.45, 7) is 6.59. The molecule has 0 radical (unpaired) electrons. The summed E-state index contributed by atoms with van der Waals surface area (Å²) in [4.78, 5) is 15.4. The topological polar surface area (TPSA) is 55.1 Å². The molecule has 0 saturated carbocycles. The normalized spacial score (nSPS) is 12.0. The highest BCUT2D eigenvalue weighted by molar-refractivity contribution is 5.76. The van der Waals surface area contributed by atoms with Gasteiger partial charge in [-0.3, -0.25) is 4.79 Å². The number of hydrogen-bond acceptors (Lipinski definition) is 2. The van der Waals surface area contributed by atoms with E-state index in [9.17, 15) is 9.18 Å². The van der Waals surface area contributed by atoms with E-state index in [1.54, 1.807) is 6.07 Å². The number of carbonyl (C=O) groups is 1. The van der Waals surface area contributed by atoms with Crippen LogP contribution in [-0.4, -0.2) is 20.6 Å². The van der Waals surface area contributed by atoms with Crippen LogP contribution in [0, 0.1) is 11.2 Å². The first-order valence-corrected chi connectivity index (χ1v) is 7.19. The summed E-state index contributed by atoms with van der Waals surface area (Å²) in [5.41, 5.74) is 0.722. The van der Waals surface area contributed by atoms with Crippen molar-refractivity contribution in [2.75, 3.05) is 0 Å². The van der Waals surface area contributed by atoms with Crippen LogP contribution in [0.3, 0.4) is 0 Å². The number of nitrogens with zero attached hydrogens (tertiary/aromatic N) is 2. The lowest BCUT2D eigenvalue weighted by molar-refractivity contribution is -0.139. The smallest absolute Gasteiger partial charge is 0.303 e. The van der Waals surface area contributed by atoms with Crippen LogP contribution in [0.15, 0.2) is 18.2 Å². The van der Waals surface area contributed by atoms with Gasteiger partial charge in [0.25, 0.3) is 0 Å². The fourth-order valence-corrected chi connectivity index (χ4v) is 2.67. The van der Waals surface area contributed by atoms with Gasteiger partial charge in [0.05, 0.1) is 11.9 Å². The van der Waals surface area contributed by atoms with Crippen molar-refractivity contribution < 1.29 is 14.3 Å². The average molecular weight is 292 g/mol. The molecule has 2 aromatic rings. The molecular formula is C16H21FN2O2. The lowest BCUT2D eigenvalue weighted by atomic mass is 9.85. The number of aromatic nitrogens is 2. The van der Waals surface area contributed by atoms with Crippen LogP contribution in [0.5, 0.6) is 0 Å². The van der Waals surface area contributed by atoms with Crippen molar-refractivity contribution in [3.8, 4) is 0 Å². The van der Waals surface area contributed by atoms with Crippen LogP contribution < -0.4 is 0 Å². The number of imidazole rings is 1. The Labute approximate surface area is 123 Å². The standard InChI is InChI=1S/C16H21FN2O2/c1-4-8-19-12-7-5-6-11(17)15(12)18-13(19)9-16(2,3)10-14(20)21/h5-7H,4,8-10H2,1-3H3,(H,20,21). The maximum absolute atomic E-state index is 13.9. The third-order valence-electron chi connectivity index (χ3n) is 3.52. The van der Waals surface area contributed by atoms with Crippen molar-refractivity contribution in [2.45, 2.75) is 46.6 Å². The SMILES string of the molecule is CCCn1c(CC(C)(C)CC(=O)O)nc2c(F)cccc21. The van der Waals surface area contributed by atoms with Crippen molar-refractivity contribution in [1.82, 2.24) is 9.55 Å². The Hall–Kier alpha value is -1.91. The van der Waals surface area contributed by atoms with E-state index < -0.39 is 11.4 Å². The van der Waals surface area contributed by atoms with E-state index in [-0.39, 0.29) is 12.2 Å². The van der Waals surface area contributed by atoms with Gasteiger partial charge in [-0.2, -0.15) is 0 Å². The summed E-state index contributed by atoms with van der Waals surface area (Å²) in [5, 5.41) is 9.00. The van der Waals surface area contributed by atoms with E-state index in [1.807, 2.05) is 24.5 Å². The highest BCUT2D eigenvalue weighted by atomic mass is 19.1. The molecule has 0 aliphatic carbocycles. The van der Waals surface area contributed by atoms with Gasteiger partial charge < -0.3 is 9.67 Å². The van der Waals surface area contributed by atoms with Crippen LogP contribution in [0.2, 0.25) is 0 Å². The second kappa shape index (κ2) is 5.84. The third-order valence-corrected chi connectivity index (χ3v) is 3.52. The maximum Gasteiger partial charge on any atom is 0.303 e. The number of para-hydroxylation sites is 1. The van der Waals surface area contributed by atoms with E-state index in [0.29, 0.717) is 11.9 Å². The Bertz CT molecular complexity index is 662. The Morgan fingerprint density at radius 3 is 2.76 bits per heavy atom. The Balaban J connectivity index is 2.45. The van der Waals surface area contributed by atoms with Crippen molar-refractivity contribution in [1.29, 1.82) is 0 Å². The van der Waals surface area contributed by atoms with Crippen LogP contribution in [0.4, 0.5) is 4.39 Å². The molecule has 0 bridgehead atoms. The third kappa shape index (κ3) is 3.40. The molecule has 114 valence electrons. The minimum atomic E-state index is -0.829. The Morgan fingerprint density at radius 1 is 1.43 bits per heavy atom. The molecule has 1 aromatic carbocycles. The summed E-state index contributed by atoms with van der Waals surface area (Å²) in [7, 11) is 0. The number of aryl methyl sites for hydroxylation is 1. The number of hydrogen-bond donors (Lipinski definition) is 1. The van der Waals surface area contributed by atoms with Gasteiger partial charge in [-0.15, -0.1) is 0 Å². The zero-order valence-electron chi connectivity index (χ0n) is 12.7. The molecule has 4 nitrogen and oxygen atoms in total. The molecule has 0 fully saturated rings. The molecule has 5 heteroatoms. The van der Waals surface area contributed by atoms with E-state index >= 15 is 0 Å². The Kier molecular flexibility index (Phi) is 4.30. The van der Waals surface area contributed by atoms with Gasteiger partial charge in [-0.25, -0.2) is 9.37 Å². The first kappa shape index (κ1) is 15.5. The molecular weight excluding hydrogens is 271 g/mol. The number of aliphatic carboxylic acids is 1. The first-order valence-electron chi connectivity index (χ1n) is 7.19. The number of carboxylic acid groups (broad SMARTS) is 1. The maximum atomic E-state index is 13.9. The monoisotopic (exact) mass is 292 g/mol. The predicted octanol–water partition coefficient (Wildman–Crippen LogP) is 3.63. The summed E-state index contributed by atoms with van der Waals surface area (Å²) >= 11 is 0. The predicted molar refractivity (Wildman–Crippen MR) is 79.7 cm³/mol. The lowest BCUT2D eigenvalue weighted by Gasteiger charge is -2.22. The van der Waals surface area contributed by atoms with Crippen LogP contribution in [0.1, 0.15) is 39.4 Å². The summed E-state index contributed by atoms with van der Waals surface area (Å²) in [6.07, 6.45) is 1.48.